The topological polar surface area (TPSA) is 82.1 Å². The van der Waals surface area contributed by atoms with Gasteiger partial charge in [-0.2, -0.15) is 0 Å². The van der Waals surface area contributed by atoms with Gasteiger partial charge in [0.05, 0.1) is 19.8 Å². The van der Waals surface area contributed by atoms with Crippen molar-refractivity contribution in [3.63, 3.8) is 0 Å². The van der Waals surface area contributed by atoms with Crippen LogP contribution in [0, 0.1) is 5.92 Å². The number of rotatable bonds is 16. The number of carbonyl (C=O) groups is 2. The first-order chi connectivity index (χ1) is 18.2. The zero-order valence-electron chi connectivity index (χ0n) is 23.6. The van der Waals surface area contributed by atoms with Crippen molar-refractivity contribution in [3.8, 4) is 5.75 Å². The maximum Gasteiger partial charge on any atom is 0.293 e. The number of aryl methyl sites for hydroxylation is 1. The van der Waals surface area contributed by atoms with Crippen LogP contribution in [-0.4, -0.2) is 37.9 Å². The maximum atomic E-state index is 10.4. The lowest BCUT2D eigenvalue weighted by Gasteiger charge is -2.15. The highest BCUT2D eigenvalue weighted by atomic mass is 16.5. The van der Waals surface area contributed by atoms with E-state index in [-0.39, 0.29) is 25.7 Å². The minimum atomic E-state index is -0.0759. The lowest BCUT2D eigenvalue weighted by atomic mass is 10.0. The van der Waals surface area contributed by atoms with Crippen molar-refractivity contribution in [3.05, 3.63) is 89.5 Å². The largest absolute Gasteiger partial charge is 0.489 e. The minimum Gasteiger partial charge on any atom is -0.489 e. The first-order valence-corrected chi connectivity index (χ1v) is 13.0. The summed E-state index contributed by atoms with van der Waals surface area (Å²) in [4.78, 5) is 20.8. The molecule has 0 spiro atoms. The van der Waals surface area contributed by atoms with Crippen LogP contribution in [0.3, 0.4) is 0 Å². The van der Waals surface area contributed by atoms with Crippen LogP contribution in [0.5, 0.6) is 5.75 Å². The average Bonchev–Trinajstić information content (AvgIpc) is 2.90. The fourth-order valence-corrected chi connectivity index (χ4v) is 3.12. The Labute approximate surface area is 229 Å². The minimum absolute atomic E-state index is 0.0759. The van der Waals surface area contributed by atoms with Gasteiger partial charge in [0.2, 0.25) is 0 Å². The number of carbonyl (C=O) groups excluding carboxylic acids is 2. The van der Waals surface area contributed by atoms with Gasteiger partial charge in [-0.05, 0) is 68.9 Å². The van der Waals surface area contributed by atoms with Crippen molar-refractivity contribution < 1.29 is 28.9 Å². The highest BCUT2D eigenvalue weighted by Gasteiger charge is 2.12. The third-order valence-corrected chi connectivity index (χ3v) is 5.02. The van der Waals surface area contributed by atoms with Crippen LogP contribution in [0.25, 0.3) is 0 Å². The van der Waals surface area contributed by atoms with E-state index in [9.17, 15) is 9.59 Å². The van der Waals surface area contributed by atoms with Gasteiger partial charge < -0.3 is 19.3 Å². The molecule has 6 heteroatoms. The van der Waals surface area contributed by atoms with Gasteiger partial charge in [0.15, 0.2) is 0 Å². The molecule has 2 aromatic carbocycles. The van der Waals surface area contributed by atoms with E-state index in [2.05, 4.69) is 44.3 Å². The van der Waals surface area contributed by atoms with Gasteiger partial charge in [-0.25, -0.2) is 0 Å². The molecule has 0 aromatic heterocycles. The van der Waals surface area contributed by atoms with Gasteiger partial charge in [-0.15, -0.1) is 6.58 Å². The summed E-state index contributed by atoms with van der Waals surface area (Å²) in [5, 5.41) is 8.04. The molecular formula is C32H46O6. The van der Waals surface area contributed by atoms with E-state index in [1.807, 2.05) is 38.1 Å². The molecule has 210 valence electrons. The molecule has 1 N–H and O–H groups in total. The Hall–Kier alpha value is -3.38. The van der Waals surface area contributed by atoms with Crippen LogP contribution in [0.1, 0.15) is 63.6 Å². The summed E-state index contributed by atoms with van der Waals surface area (Å²) in [7, 11) is 0. The summed E-state index contributed by atoms with van der Waals surface area (Å²) in [6.45, 7) is 16.8. The summed E-state index contributed by atoms with van der Waals surface area (Å²) in [6.07, 6.45) is 5.52. The van der Waals surface area contributed by atoms with E-state index in [1.54, 1.807) is 6.92 Å². The fourth-order valence-electron chi connectivity index (χ4n) is 3.12. The van der Waals surface area contributed by atoms with Crippen LogP contribution in [0.15, 0.2) is 72.8 Å². The van der Waals surface area contributed by atoms with Crippen molar-refractivity contribution >= 4 is 12.9 Å². The zero-order chi connectivity index (χ0) is 28.6. The molecule has 0 aliphatic heterocycles. The quantitative estimate of drug-likeness (QED) is 0.150. The Balaban J connectivity index is 0.00000131. The second-order valence-corrected chi connectivity index (χ2v) is 9.46. The van der Waals surface area contributed by atoms with E-state index in [4.69, 9.17) is 19.3 Å². The summed E-state index contributed by atoms with van der Waals surface area (Å²) >= 11 is 0. The molecule has 0 radical (unpaired) electrons. The fraction of sp³-hybridized carbons (Fsp3) is 0.438. The number of hydrogen-bond acceptors (Lipinski definition) is 6. The smallest absolute Gasteiger partial charge is 0.293 e. The summed E-state index contributed by atoms with van der Waals surface area (Å²) < 4.78 is 15.5. The normalized spacial score (nSPS) is 9.74. The number of allylic oxidation sites excluding steroid dienone is 1. The summed E-state index contributed by atoms with van der Waals surface area (Å²) in [6, 6.07) is 16.4. The Morgan fingerprint density at radius 2 is 1.32 bits per heavy atom. The standard InChI is InChI=1S/C24H30O5.C4H8O.C4H8/c1-2-3-4-5-20-6-8-22(9-7-20)17-29-24-12-10-21(11-13-24)14-23(15-27-18-25)16-28-19-26;1-4(2)3-5;1-4(2)3/h6-13,18-19,23H,2-5,14-17H2,1H3;5H,1,3H2,2H3;1H2,2-3H3. The number of aliphatic hydroxyl groups excluding tert-OH is 1. The maximum absolute atomic E-state index is 10.4. The van der Waals surface area contributed by atoms with Gasteiger partial charge in [-0.1, -0.05) is 73.9 Å². The van der Waals surface area contributed by atoms with Crippen molar-refractivity contribution in [2.24, 2.45) is 5.92 Å². The SMILES string of the molecule is C=C(C)C.C=C(C)CO.CCCCCc1ccc(COc2ccc(CC(COC=O)COC=O)cc2)cc1. The predicted molar refractivity (Wildman–Crippen MR) is 154 cm³/mol. The number of ether oxygens (including phenoxy) is 3. The molecular weight excluding hydrogens is 480 g/mol. The number of hydrogen-bond donors (Lipinski definition) is 1. The molecule has 0 saturated carbocycles. The molecule has 0 unspecified atom stereocenters. The molecule has 2 rings (SSSR count). The van der Waals surface area contributed by atoms with Crippen LogP contribution < -0.4 is 4.74 Å². The van der Waals surface area contributed by atoms with Gasteiger partial charge in [0.1, 0.15) is 12.4 Å². The average molecular weight is 527 g/mol. The molecule has 6 nitrogen and oxygen atoms in total. The third-order valence-electron chi connectivity index (χ3n) is 5.02. The van der Waals surface area contributed by atoms with E-state index < -0.39 is 0 Å². The Bertz CT molecular complexity index is 887. The first kappa shape index (κ1) is 34.6. The molecule has 0 bridgehead atoms. The highest BCUT2D eigenvalue weighted by molar-refractivity contribution is 5.37. The zero-order valence-corrected chi connectivity index (χ0v) is 23.6. The van der Waals surface area contributed by atoms with Gasteiger partial charge in [-0.3, -0.25) is 9.59 Å². The second kappa shape index (κ2) is 22.8. The van der Waals surface area contributed by atoms with E-state index in [0.29, 0.717) is 26.0 Å². The molecule has 0 atom stereocenters. The molecule has 0 aliphatic carbocycles. The number of benzene rings is 2. The third kappa shape index (κ3) is 19.8. The molecule has 2 aromatic rings. The van der Waals surface area contributed by atoms with E-state index >= 15 is 0 Å². The van der Waals surface area contributed by atoms with Crippen LogP contribution >= 0.6 is 0 Å². The Morgan fingerprint density at radius 1 is 0.842 bits per heavy atom. The van der Waals surface area contributed by atoms with Crippen molar-refractivity contribution in [1.82, 2.24) is 0 Å². The van der Waals surface area contributed by atoms with Crippen LogP contribution in [0.2, 0.25) is 0 Å². The molecule has 0 amide bonds. The first-order valence-electron chi connectivity index (χ1n) is 13.0. The van der Waals surface area contributed by atoms with Crippen molar-refractivity contribution in [2.75, 3.05) is 19.8 Å². The van der Waals surface area contributed by atoms with Gasteiger partial charge in [0.25, 0.3) is 12.9 Å². The van der Waals surface area contributed by atoms with E-state index in [0.717, 1.165) is 28.9 Å². The highest BCUT2D eigenvalue weighted by Crippen LogP contribution is 2.18. The molecule has 0 saturated heterocycles. The number of aliphatic hydroxyl groups is 1. The molecule has 0 aliphatic rings. The lowest BCUT2D eigenvalue weighted by molar-refractivity contribution is -0.133. The van der Waals surface area contributed by atoms with Crippen LogP contribution in [0.4, 0.5) is 0 Å². The Morgan fingerprint density at radius 3 is 1.76 bits per heavy atom. The lowest BCUT2D eigenvalue weighted by Crippen LogP contribution is -2.18. The van der Waals surface area contributed by atoms with Crippen LogP contribution in [-0.2, 0) is 38.5 Å². The molecule has 0 heterocycles. The van der Waals surface area contributed by atoms with Crippen molar-refractivity contribution in [2.45, 2.75) is 66.4 Å². The summed E-state index contributed by atoms with van der Waals surface area (Å²) in [5.74, 6) is 0.721. The van der Waals surface area contributed by atoms with Gasteiger partial charge in [0, 0.05) is 5.92 Å². The predicted octanol–water partition coefficient (Wildman–Crippen LogP) is 6.64. The Kier molecular flexibility index (Phi) is 20.8. The number of unbranched alkanes of at least 4 members (excludes halogenated alkanes) is 2. The van der Waals surface area contributed by atoms with E-state index in [1.165, 1.54) is 30.4 Å². The van der Waals surface area contributed by atoms with Crippen molar-refractivity contribution in [1.29, 1.82) is 0 Å². The van der Waals surface area contributed by atoms with Gasteiger partial charge >= 0.3 is 0 Å². The molecule has 38 heavy (non-hydrogen) atoms. The molecule has 0 fully saturated rings. The monoisotopic (exact) mass is 526 g/mol. The second-order valence-electron chi connectivity index (χ2n) is 9.46. The summed E-state index contributed by atoms with van der Waals surface area (Å²) in [5.41, 5.74) is 5.55.